The fourth-order valence-electron chi connectivity index (χ4n) is 1.55. The molecule has 4 heteroatoms. The number of anilines is 1. The molecule has 0 aliphatic rings. The van der Waals surface area contributed by atoms with Gasteiger partial charge in [-0.15, -0.1) is 0 Å². The number of carbonyl (C=O) groups excluding carboxylic acids is 1. The van der Waals surface area contributed by atoms with Crippen LogP contribution < -0.4 is 5.06 Å². The van der Waals surface area contributed by atoms with Gasteiger partial charge in [-0.3, -0.25) is 10.0 Å². The summed E-state index contributed by atoms with van der Waals surface area (Å²) in [5.41, 5.74) is 1.14. The van der Waals surface area contributed by atoms with Crippen molar-refractivity contribution in [2.24, 2.45) is 0 Å². The van der Waals surface area contributed by atoms with Gasteiger partial charge in [-0.25, -0.2) is 4.39 Å². The van der Waals surface area contributed by atoms with Crippen LogP contribution in [0.3, 0.4) is 0 Å². The topological polar surface area (TPSA) is 40.5 Å². The quantitative estimate of drug-likeness (QED) is 0.652. The van der Waals surface area contributed by atoms with Crippen LogP contribution in [0.2, 0.25) is 0 Å². The second-order valence-electron chi connectivity index (χ2n) is 3.93. The molecule has 0 bridgehead atoms. The lowest BCUT2D eigenvalue weighted by molar-refractivity contribution is 0.0850. The van der Waals surface area contributed by atoms with Gasteiger partial charge in [0.05, 0.1) is 11.3 Å². The molecule has 92 valence electrons. The predicted octanol–water partition coefficient (Wildman–Crippen LogP) is 3.17. The molecule has 2 rings (SSSR count). The Balaban J connectivity index is 2.29. The Hall–Kier alpha value is -2.20. The molecular weight excluding hydrogens is 233 g/mol. The lowest BCUT2D eigenvalue weighted by Crippen LogP contribution is -2.27. The van der Waals surface area contributed by atoms with Crippen LogP contribution in [-0.4, -0.2) is 11.1 Å². The molecular formula is C14H12FNO2. The SMILES string of the molecule is Cc1ccc(N(O)C(=O)c2ccccc2F)cc1. The second kappa shape index (κ2) is 4.98. The zero-order valence-electron chi connectivity index (χ0n) is 9.80. The Labute approximate surface area is 104 Å². The molecule has 0 saturated heterocycles. The van der Waals surface area contributed by atoms with E-state index >= 15 is 0 Å². The van der Waals surface area contributed by atoms with Crippen molar-refractivity contribution in [3.8, 4) is 0 Å². The maximum absolute atomic E-state index is 13.4. The van der Waals surface area contributed by atoms with Gasteiger partial charge in [0, 0.05) is 0 Å². The molecule has 0 aliphatic carbocycles. The van der Waals surface area contributed by atoms with Crippen LogP contribution in [0.1, 0.15) is 15.9 Å². The molecule has 0 spiro atoms. The van der Waals surface area contributed by atoms with Crippen molar-refractivity contribution in [1.82, 2.24) is 0 Å². The normalized spacial score (nSPS) is 10.2. The van der Waals surface area contributed by atoms with Crippen LogP contribution in [-0.2, 0) is 0 Å². The number of halogens is 1. The number of nitrogens with zero attached hydrogens (tertiary/aromatic N) is 1. The Kier molecular flexibility index (Phi) is 3.39. The highest BCUT2D eigenvalue weighted by Crippen LogP contribution is 2.17. The molecule has 18 heavy (non-hydrogen) atoms. The first kappa shape index (κ1) is 12.3. The number of carbonyl (C=O) groups is 1. The molecule has 2 aromatic carbocycles. The third kappa shape index (κ3) is 2.38. The van der Waals surface area contributed by atoms with E-state index in [0.717, 1.165) is 5.56 Å². The lowest BCUT2D eigenvalue weighted by atomic mass is 10.2. The summed E-state index contributed by atoms with van der Waals surface area (Å²) < 4.78 is 13.4. The molecule has 0 unspecified atom stereocenters. The molecule has 0 radical (unpaired) electrons. The maximum Gasteiger partial charge on any atom is 0.284 e. The minimum absolute atomic E-state index is 0.166. The summed E-state index contributed by atoms with van der Waals surface area (Å²) in [6.45, 7) is 1.89. The Morgan fingerprint density at radius 3 is 2.33 bits per heavy atom. The van der Waals surface area contributed by atoms with E-state index in [9.17, 15) is 14.4 Å². The highest BCUT2D eigenvalue weighted by molar-refractivity contribution is 6.04. The van der Waals surface area contributed by atoms with Crippen molar-refractivity contribution in [2.45, 2.75) is 6.92 Å². The molecule has 0 saturated carbocycles. The zero-order valence-corrected chi connectivity index (χ0v) is 9.80. The van der Waals surface area contributed by atoms with E-state index < -0.39 is 11.7 Å². The van der Waals surface area contributed by atoms with Crippen molar-refractivity contribution < 1.29 is 14.4 Å². The summed E-state index contributed by atoms with van der Waals surface area (Å²) in [5, 5.41) is 10.2. The van der Waals surface area contributed by atoms with Gasteiger partial charge in [-0.2, -0.15) is 5.06 Å². The van der Waals surface area contributed by atoms with Crippen molar-refractivity contribution >= 4 is 11.6 Å². The predicted molar refractivity (Wildman–Crippen MR) is 66.2 cm³/mol. The van der Waals surface area contributed by atoms with Gasteiger partial charge in [0.1, 0.15) is 5.82 Å². The Morgan fingerprint density at radius 2 is 1.72 bits per heavy atom. The lowest BCUT2D eigenvalue weighted by Gasteiger charge is -2.15. The van der Waals surface area contributed by atoms with E-state index in [1.165, 1.54) is 18.2 Å². The summed E-state index contributed by atoms with van der Waals surface area (Å²) in [6.07, 6.45) is 0. The maximum atomic E-state index is 13.4. The van der Waals surface area contributed by atoms with E-state index in [-0.39, 0.29) is 5.56 Å². The molecule has 0 aliphatic heterocycles. The van der Waals surface area contributed by atoms with E-state index in [1.807, 2.05) is 6.92 Å². The van der Waals surface area contributed by atoms with E-state index in [2.05, 4.69) is 0 Å². The summed E-state index contributed by atoms with van der Waals surface area (Å²) >= 11 is 0. The first-order chi connectivity index (χ1) is 8.59. The van der Waals surface area contributed by atoms with E-state index in [1.54, 1.807) is 30.3 Å². The van der Waals surface area contributed by atoms with E-state index in [0.29, 0.717) is 10.8 Å². The van der Waals surface area contributed by atoms with Gasteiger partial charge in [-0.05, 0) is 31.2 Å². The van der Waals surface area contributed by atoms with Crippen molar-refractivity contribution in [1.29, 1.82) is 0 Å². The first-order valence-corrected chi connectivity index (χ1v) is 5.44. The van der Waals surface area contributed by atoms with Gasteiger partial charge in [0.2, 0.25) is 0 Å². The fourth-order valence-corrected chi connectivity index (χ4v) is 1.55. The molecule has 1 amide bonds. The van der Waals surface area contributed by atoms with Crippen molar-refractivity contribution in [2.75, 3.05) is 5.06 Å². The van der Waals surface area contributed by atoms with Crippen molar-refractivity contribution in [3.63, 3.8) is 0 Å². The molecule has 3 nitrogen and oxygen atoms in total. The minimum Gasteiger partial charge on any atom is -0.281 e. The van der Waals surface area contributed by atoms with Crippen LogP contribution in [0, 0.1) is 12.7 Å². The number of hydrogen-bond donors (Lipinski definition) is 1. The number of hydroxylamine groups is 1. The monoisotopic (exact) mass is 245 g/mol. The fraction of sp³-hybridized carbons (Fsp3) is 0.0714. The summed E-state index contributed by atoms with van der Waals surface area (Å²) in [7, 11) is 0. The number of hydrogen-bond acceptors (Lipinski definition) is 2. The minimum atomic E-state index is -0.794. The first-order valence-electron chi connectivity index (χ1n) is 5.44. The second-order valence-corrected chi connectivity index (χ2v) is 3.93. The van der Waals surface area contributed by atoms with Gasteiger partial charge in [-0.1, -0.05) is 29.8 Å². The number of rotatable bonds is 2. The third-order valence-corrected chi connectivity index (χ3v) is 2.58. The molecule has 2 aromatic rings. The highest BCUT2D eigenvalue weighted by atomic mass is 19.1. The van der Waals surface area contributed by atoms with Gasteiger partial charge in [0.25, 0.3) is 5.91 Å². The van der Waals surface area contributed by atoms with Crippen LogP contribution in [0.4, 0.5) is 10.1 Å². The number of aryl methyl sites for hydroxylation is 1. The standard InChI is InChI=1S/C14H12FNO2/c1-10-6-8-11(9-7-10)16(18)14(17)12-4-2-3-5-13(12)15/h2-9,18H,1H3. The Bertz CT molecular complexity index is 566. The summed E-state index contributed by atoms with van der Waals surface area (Å²) in [4.78, 5) is 11.9. The molecule has 0 aromatic heterocycles. The smallest absolute Gasteiger partial charge is 0.281 e. The van der Waals surface area contributed by atoms with Gasteiger partial charge >= 0.3 is 0 Å². The average molecular weight is 245 g/mol. The van der Waals surface area contributed by atoms with Gasteiger partial charge in [0.15, 0.2) is 0 Å². The summed E-state index contributed by atoms with van der Waals surface area (Å²) in [5.74, 6) is -1.45. The zero-order chi connectivity index (χ0) is 13.1. The molecule has 1 N–H and O–H groups in total. The molecule has 0 heterocycles. The average Bonchev–Trinajstić information content (AvgIpc) is 2.38. The number of amides is 1. The van der Waals surface area contributed by atoms with E-state index in [4.69, 9.17) is 0 Å². The largest absolute Gasteiger partial charge is 0.284 e. The highest BCUT2D eigenvalue weighted by Gasteiger charge is 2.18. The number of benzene rings is 2. The van der Waals surface area contributed by atoms with Crippen LogP contribution in [0.15, 0.2) is 48.5 Å². The van der Waals surface area contributed by atoms with Gasteiger partial charge < -0.3 is 0 Å². The summed E-state index contributed by atoms with van der Waals surface area (Å²) in [6, 6.07) is 12.2. The van der Waals surface area contributed by atoms with Crippen LogP contribution in [0.25, 0.3) is 0 Å². The molecule has 0 fully saturated rings. The third-order valence-electron chi connectivity index (χ3n) is 2.58. The molecule has 0 atom stereocenters. The van der Waals surface area contributed by atoms with Crippen LogP contribution >= 0.6 is 0 Å². The van der Waals surface area contributed by atoms with Crippen molar-refractivity contribution in [3.05, 3.63) is 65.5 Å². The van der Waals surface area contributed by atoms with Crippen LogP contribution in [0.5, 0.6) is 0 Å². The Morgan fingerprint density at radius 1 is 1.11 bits per heavy atom.